The molecule has 1 aromatic carbocycles. The predicted octanol–water partition coefficient (Wildman–Crippen LogP) is 3.77. The number of ether oxygens (including phenoxy) is 1. The van der Waals surface area contributed by atoms with Crippen LogP contribution in [0.15, 0.2) is 34.0 Å². The fourth-order valence-electron chi connectivity index (χ4n) is 1.50. The largest absolute Gasteiger partial charge is 0.465 e. The summed E-state index contributed by atoms with van der Waals surface area (Å²) in [4.78, 5) is 15.8. The number of thiazole rings is 1. The third-order valence-corrected chi connectivity index (χ3v) is 4.44. The summed E-state index contributed by atoms with van der Waals surface area (Å²) in [5, 5.41) is 2.01. The number of carbonyl (C=O) groups is 1. The summed E-state index contributed by atoms with van der Waals surface area (Å²) in [5.74, 6) is 0.119. The van der Waals surface area contributed by atoms with Crippen molar-refractivity contribution in [1.29, 1.82) is 0 Å². The first-order valence-corrected chi connectivity index (χ1v) is 7.86. The summed E-state index contributed by atoms with van der Waals surface area (Å²) >= 11 is 2.97. The molecular weight excluding hydrogens is 278 g/mol. The van der Waals surface area contributed by atoms with Crippen LogP contribution in [0.25, 0.3) is 11.3 Å². The first kappa shape index (κ1) is 14.1. The molecule has 19 heavy (non-hydrogen) atoms. The van der Waals surface area contributed by atoms with Crippen LogP contribution in [-0.4, -0.2) is 23.3 Å². The van der Waals surface area contributed by atoms with Crippen molar-refractivity contribution in [1.82, 2.24) is 4.98 Å². The highest BCUT2D eigenvalue weighted by atomic mass is 32.2. The number of hydrogen-bond donors (Lipinski definition) is 0. The quantitative estimate of drug-likeness (QED) is 0.621. The first-order chi connectivity index (χ1) is 9.19. The maximum atomic E-state index is 11.3. The van der Waals surface area contributed by atoms with Crippen LogP contribution in [0.5, 0.6) is 0 Å². The van der Waals surface area contributed by atoms with Crippen molar-refractivity contribution in [2.45, 2.75) is 18.2 Å². The zero-order chi connectivity index (χ0) is 13.7. The molecule has 1 aromatic heterocycles. The summed E-state index contributed by atoms with van der Waals surface area (Å²) < 4.78 is 5.78. The lowest BCUT2D eigenvalue weighted by Crippen LogP contribution is -2.06. The van der Waals surface area contributed by atoms with Gasteiger partial charge in [0, 0.05) is 10.9 Å². The van der Waals surface area contributed by atoms with Gasteiger partial charge < -0.3 is 4.74 Å². The Morgan fingerprint density at radius 1 is 1.37 bits per heavy atom. The van der Waals surface area contributed by atoms with Gasteiger partial charge in [0.05, 0.1) is 18.1 Å². The Hall–Kier alpha value is -1.33. The standard InChI is InChI=1S/C14H15NO2S2/c1-3-17-13(16)9-19-14-15-12(8-18-14)11-6-4-10(2)5-7-11/h4-8H,3,9H2,1-2H3. The zero-order valence-electron chi connectivity index (χ0n) is 10.9. The molecule has 0 aliphatic rings. The third kappa shape index (κ3) is 4.08. The van der Waals surface area contributed by atoms with Gasteiger partial charge in [-0.25, -0.2) is 4.98 Å². The Labute approximate surface area is 121 Å². The molecule has 0 fully saturated rings. The van der Waals surface area contributed by atoms with Gasteiger partial charge in [-0.15, -0.1) is 11.3 Å². The monoisotopic (exact) mass is 293 g/mol. The Kier molecular flexibility index (Phi) is 4.99. The van der Waals surface area contributed by atoms with Crippen LogP contribution in [0.2, 0.25) is 0 Å². The fraction of sp³-hybridized carbons (Fsp3) is 0.286. The molecule has 0 bridgehead atoms. The lowest BCUT2D eigenvalue weighted by Gasteiger charge is -1.99. The number of aryl methyl sites for hydroxylation is 1. The normalized spacial score (nSPS) is 10.4. The second-order valence-electron chi connectivity index (χ2n) is 3.96. The molecular formula is C14H15NO2S2. The molecule has 2 rings (SSSR count). The van der Waals surface area contributed by atoms with Crippen LogP contribution in [-0.2, 0) is 9.53 Å². The number of hydrogen-bond acceptors (Lipinski definition) is 5. The van der Waals surface area contributed by atoms with Gasteiger partial charge in [0.1, 0.15) is 0 Å². The van der Waals surface area contributed by atoms with Gasteiger partial charge in [-0.1, -0.05) is 41.6 Å². The second-order valence-corrected chi connectivity index (χ2v) is 6.04. The molecule has 0 aliphatic heterocycles. The van der Waals surface area contributed by atoms with E-state index in [1.807, 2.05) is 5.38 Å². The molecule has 1 heterocycles. The molecule has 0 saturated heterocycles. The number of esters is 1. The van der Waals surface area contributed by atoms with E-state index in [1.54, 1.807) is 18.3 Å². The van der Waals surface area contributed by atoms with Crippen LogP contribution in [0.1, 0.15) is 12.5 Å². The minimum atomic E-state index is -0.195. The van der Waals surface area contributed by atoms with Crippen molar-refractivity contribution in [3.63, 3.8) is 0 Å². The topological polar surface area (TPSA) is 39.2 Å². The zero-order valence-corrected chi connectivity index (χ0v) is 12.5. The Balaban J connectivity index is 1.99. The van der Waals surface area contributed by atoms with Gasteiger partial charge in [0.15, 0.2) is 4.34 Å². The van der Waals surface area contributed by atoms with Crippen LogP contribution < -0.4 is 0 Å². The second kappa shape index (κ2) is 6.73. The van der Waals surface area contributed by atoms with E-state index in [9.17, 15) is 4.79 Å². The van der Waals surface area contributed by atoms with Crippen LogP contribution >= 0.6 is 23.1 Å². The van der Waals surface area contributed by atoms with Crippen molar-refractivity contribution in [3.05, 3.63) is 35.2 Å². The van der Waals surface area contributed by atoms with Gasteiger partial charge in [-0.2, -0.15) is 0 Å². The summed E-state index contributed by atoms with van der Waals surface area (Å²) in [6.07, 6.45) is 0. The van der Waals surface area contributed by atoms with Crippen LogP contribution in [0.3, 0.4) is 0 Å². The number of aromatic nitrogens is 1. The molecule has 2 aromatic rings. The number of nitrogens with zero attached hydrogens (tertiary/aromatic N) is 1. The fourth-order valence-corrected chi connectivity index (χ4v) is 3.14. The minimum Gasteiger partial charge on any atom is -0.465 e. The smallest absolute Gasteiger partial charge is 0.316 e. The van der Waals surface area contributed by atoms with E-state index in [0.717, 1.165) is 15.6 Å². The molecule has 0 radical (unpaired) electrons. The van der Waals surface area contributed by atoms with Gasteiger partial charge in [0.25, 0.3) is 0 Å². The highest BCUT2D eigenvalue weighted by molar-refractivity contribution is 8.01. The summed E-state index contributed by atoms with van der Waals surface area (Å²) in [6, 6.07) is 8.26. The van der Waals surface area contributed by atoms with Crippen molar-refractivity contribution in [2.75, 3.05) is 12.4 Å². The molecule has 0 atom stereocenters. The van der Waals surface area contributed by atoms with Crippen molar-refractivity contribution >= 4 is 29.1 Å². The van der Waals surface area contributed by atoms with E-state index in [1.165, 1.54) is 17.3 Å². The van der Waals surface area contributed by atoms with E-state index in [-0.39, 0.29) is 5.97 Å². The van der Waals surface area contributed by atoms with Crippen LogP contribution in [0.4, 0.5) is 0 Å². The summed E-state index contributed by atoms with van der Waals surface area (Å²) in [5.41, 5.74) is 3.29. The molecule has 0 spiro atoms. The number of benzene rings is 1. The average Bonchev–Trinajstić information content (AvgIpc) is 2.86. The van der Waals surface area contributed by atoms with Crippen molar-refractivity contribution in [3.8, 4) is 11.3 Å². The first-order valence-electron chi connectivity index (χ1n) is 6.00. The van der Waals surface area contributed by atoms with E-state index < -0.39 is 0 Å². The Bertz CT molecular complexity index is 549. The van der Waals surface area contributed by atoms with Crippen LogP contribution in [0, 0.1) is 6.92 Å². The van der Waals surface area contributed by atoms with Gasteiger partial charge in [0.2, 0.25) is 0 Å². The molecule has 3 nitrogen and oxygen atoms in total. The van der Waals surface area contributed by atoms with E-state index in [4.69, 9.17) is 4.74 Å². The van der Waals surface area contributed by atoms with Gasteiger partial charge in [-0.05, 0) is 13.8 Å². The maximum Gasteiger partial charge on any atom is 0.316 e. The van der Waals surface area contributed by atoms with E-state index in [2.05, 4.69) is 36.2 Å². The van der Waals surface area contributed by atoms with E-state index in [0.29, 0.717) is 12.4 Å². The molecule has 0 unspecified atom stereocenters. The third-order valence-electron chi connectivity index (χ3n) is 2.45. The number of thioether (sulfide) groups is 1. The number of rotatable bonds is 5. The highest BCUT2D eigenvalue weighted by Crippen LogP contribution is 2.28. The number of carbonyl (C=O) groups excluding carboxylic acids is 1. The van der Waals surface area contributed by atoms with Gasteiger partial charge >= 0.3 is 5.97 Å². The van der Waals surface area contributed by atoms with Crippen molar-refractivity contribution in [2.24, 2.45) is 0 Å². The van der Waals surface area contributed by atoms with Gasteiger partial charge in [-0.3, -0.25) is 4.79 Å². The minimum absolute atomic E-state index is 0.195. The summed E-state index contributed by atoms with van der Waals surface area (Å²) in [7, 11) is 0. The van der Waals surface area contributed by atoms with E-state index >= 15 is 0 Å². The highest BCUT2D eigenvalue weighted by Gasteiger charge is 2.08. The predicted molar refractivity (Wildman–Crippen MR) is 79.6 cm³/mol. The molecule has 0 N–H and O–H groups in total. The average molecular weight is 293 g/mol. The van der Waals surface area contributed by atoms with Crippen molar-refractivity contribution < 1.29 is 9.53 Å². The molecule has 0 amide bonds. The summed E-state index contributed by atoms with van der Waals surface area (Å²) in [6.45, 7) is 4.29. The molecule has 0 saturated carbocycles. The molecule has 5 heteroatoms. The molecule has 0 aliphatic carbocycles. The molecule has 100 valence electrons. The maximum absolute atomic E-state index is 11.3. The Morgan fingerprint density at radius 2 is 2.11 bits per heavy atom. The Morgan fingerprint density at radius 3 is 2.79 bits per heavy atom. The SMILES string of the molecule is CCOC(=O)CSc1nc(-c2ccc(C)cc2)cs1. The lowest BCUT2D eigenvalue weighted by molar-refractivity contribution is -0.139. The lowest BCUT2D eigenvalue weighted by atomic mass is 10.1.